The molecule has 2 rings (SSSR count). The Morgan fingerprint density at radius 3 is 2.69 bits per heavy atom. The van der Waals surface area contributed by atoms with Gasteiger partial charge in [-0.3, -0.25) is 4.79 Å². The summed E-state index contributed by atoms with van der Waals surface area (Å²) in [6, 6.07) is 5.81. The molecule has 1 saturated heterocycles. The highest BCUT2D eigenvalue weighted by Crippen LogP contribution is 2.33. The maximum atomic E-state index is 13.1. The third kappa shape index (κ3) is 6.31. The predicted molar refractivity (Wildman–Crippen MR) is 96.9 cm³/mol. The summed E-state index contributed by atoms with van der Waals surface area (Å²) >= 11 is 0. The van der Waals surface area contributed by atoms with Crippen molar-refractivity contribution in [2.24, 2.45) is 5.92 Å². The van der Waals surface area contributed by atoms with E-state index in [1.807, 2.05) is 19.0 Å². The van der Waals surface area contributed by atoms with Gasteiger partial charge in [0.2, 0.25) is 5.91 Å². The zero-order valence-electron chi connectivity index (χ0n) is 15.7. The van der Waals surface area contributed by atoms with Crippen LogP contribution in [0.2, 0.25) is 0 Å². The van der Waals surface area contributed by atoms with Crippen molar-refractivity contribution < 1.29 is 18.0 Å². The standard InChI is InChI=1S/C20H29F3N2O/c1-24(2)13-6-10-19(26)25-14-5-7-16(15-25)11-12-17-8-3-4-9-18(17)20(21,22)23/h3-4,8-9,16H,5-7,10-15H2,1-2H3. The summed E-state index contributed by atoms with van der Waals surface area (Å²) in [7, 11) is 3.97. The van der Waals surface area contributed by atoms with E-state index in [2.05, 4.69) is 4.90 Å². The first-order valence-electron chi connectivity index (χ1n) is 9.35. The molecule has 1 heterocycles. The quantitative estimate of drug-likeness (QED) is 0.718. The number of rotatable bonds is 7. The second-order valence-electron chi connectivity index (χ2n) is 7.45. The largest absolute Gasteiger partial charge is 0.416 e. The van der Waals surface area contributed by atoms with Crippen molar-refractivity contribution in [1.82, 2.24) is 9.80 Å². The highest BCUT2D eigenvalue weighted by molar-refractivity contribution is 5.76. The second-order valence-corrected chi connectivity index (χ2v) is 7.45. The monoisotopic (exact) mass is 370 g/mol. The summed E-state index contributed by atoms with van der Waals surface area (Å²) in [6.07, 6.45) is 0.0869. The number of amides is 1. The fraction of sp³-hybridized carbons (Fsp3) is 0.650. The van der Waals surface area contributed by atoms with Gasteiger partial charge in [-0.25, -0.2) is 0 Å². The Morgan fingerprint density at radius 1 is 1.27 bits per heavy atom. The number of nitrogens with zero attached hydrogens (tertiary/aromatic N) is 2. The Hall–Kier alpha value is -1.56. The van der Waals surface area contributed by atoms with Gasteiger partial charge in [0.05, 0.1) is 5.56 Å². The minimum absolute atomic E-state index is 0.173. The zero-order chi connectivity index (χ0) is 19.2. The minimum atomic E-state index is -4.31. The van der Waals surface area contributed by atoms with Crippen LogP contribution in [0.1, 0.15) is 43.2 Å². The molecule has 3 nitrogen and oxygen atoms in total. The van der Waals surface area contributed by atoms with E-state index in [1.54, 1.807) is 12.1 Å². The number of carbonyl (C=O) groups excluding carboxylic acids is 1. The average molecular weight is 370 g/mol. The Labute approximate surface area is 154 Å². The van der Waals surface area contributed by atoms with Crippen LogP contribution in [0.3, 0.4) is 0 Å². The van der Waals surface area contributed by atoms with E-state index in [0.717, 1.165) is 38.4 Å². The molecule has 0 saturated carbocycles. The lowest BCUT2D eigenvalue weighted by Crippen LogP contribution is -2.40. The normalized spacial score (nSPS) is 18.4. The molecule has 1 aliphatic heterocycles. The van der Waals surface area contributed by atoms with Crippen LogP contribution in [0.5, 0.6) is 0 Å². The van der Waals surface area contributed by atoms with Gasteiger partial charge in [-0.05, 0) is 70.3 Å². The fourth-order valence-electron chi connectivity index (χ4n) is 3.61. The third-order valence-corrected chi connectivity index (χ3v) is 5.01. The van der Waals surface area contributed by atoms with Gasteiger partial charge in [0.1, 0.15) is 0 Å². The van der Waals surface area contributed by atoms with Crippen molar-refractivity contribution >= 4 is 5.91 Å². The van der Waals surface area contributed by atoms with Gasteiger partial charge in [-0.15, -0.1) is 0 Å². The number of piperidine rings is 1. The molecule has 146 valence electrons. The molecule has 0 N–H and O–H groups in total. The van der Waals surface area contributed by atoms with Gasteiger partial charge in [-0.2, -0.15) is 13.2 Å². The maximum Gasteiger partial charge on any atom is 0.416 e. The molecule has 1 fully saturated rings. The van der Waals surface area contributed by atoms with Crippen LogP contribution in [-0.4, -0.2) is 49.4 Å². The lowest BCUT2D eigenvalue weighted by molar-refractivity contribution is -0.138. The number of alkyl halides is 3. The molecule has 1 aromatic carbocycles. The van der Waals surface area contributed by atoms with Crippen LogP contribution in [0.4, 0.5) is 13.2 Å². The molecule has 1 aliphatic rings. The van der Waals surface area contributed by atoms with Crippen molar-refractivity contribution in [3.8, 4) is 0 Å². The third-order valence-electron chi connectivity index (χ3n) is 5.01. The number of carbonyl (C=O) groups is 1. The Kier molecular flexibility index (Phi) is 7.50. The Bertz CT molecular complexity index is 587. The van der Waals surface area contributed by atoms with Crippen LogP contribution in [0.15, 0.2) is 24.3 Å². The van der Waals surface area contributed by atoms with Gasteiger partial charge in [0.25, 0.3) is 0 Å². The highest BCUT2D eigenvalue weighted by atomic mass is 19.4. The molecule has 0 aromatic heterocycles. The molecule has 0 bridgehead atoms. The van der Waals surface area contributed by atoms with Crippen molar-refractivity contribution in [2.75, 3.05) is 33.7 Å². The molecule has 1 atom stereocenters. The molecule has 1 aromatic rings. The van der Waals surface area contributed by atoms with E-state index in [4.69, 9.17) is 0 Å². The van der Waals surface area contributed by atoms with Crippen LogP contribution in [0.25, 0.3) is 0 Å². The number of benzene rings is 1. The van der Waals surface area contributed by atoms with Crippen LogP contribution >= 0.6 is 0 Å². The van der Waals surface area contributed by atoms with Gasteiger partial charge in [-0.1, -0.05) is 18.2 Å². The summed E-state index contributed by atoms with van der Waals surface area (Å²) in [5.41, 5.74) is -0.179. The smallest absolute Gasteiger partial charge is 0.342 e. The van der Waals surface area contributed by atoms with Crippen molar-refractivity contribution in [1.29, 1.82) is 0 Å². The highest BCUT2D eigenvalue weighted by Gasteiger charge is 2.33. The molecule has 6 heteroatoms. The predicted octanol–water partition coefficient (Wildman–Crippen LogP) is 4.22. The van der Waals surface area contributed by atoms with Gasteiger partial charge in [0.15, 0.2) is 0 Å². The molecule has 0 aliphatic carbocycles. The molecule has 1 unspecified atom stereocenters. The van der Waals surface area contributed by atoms with E-state index in [1.165, 1.54) is 6.07 Å². The van der Waals surface area contributed by atoms with Gasteiger partial charge >= 0.3 is 6.18 Å². The van der Waals surface area contributed by atoms with E-state index in [0.29, 0.717) is 31.4 Å². The molecule has 1 amide bonds. The van der Waals surface area contributed by atoms with Gasteiger partial charge < -0.3 is 9.80 Å². The molecule has 0 spiro atoms. The van der Waals surface area contributed by atoms with Crippen molar-refractivity contribution in [3.05, 3.63) is 35.4 Å². The zero-order valence-corrected chi connectivity index (χ0v) is 15.7. The minimum Gasteiger partial charge on any atom is -0.342 e. The van der Waals surface area contributed by atoms with Crippen LogP contribution in [0, 0.1) is 5.92 Å². The van der Waals surface area contributed by atoms with Gasteiger partial charge in [0, 0.05) is 19.5 Å². The first-order chi connectivity index (χ1) is 12.3. The summed E-state index contributed by atoms with van der Waals surface area (Å²) in [5.74, 6) is 0.454. The summed E-state index contributed by atoms with van der Waals surface area (Å²) in [6.45, 7) is 2.34. The topological polar surface area (TPSA) is 23.6 Å². The first kappa shape index (κ1) is 20.7. The summed E-state index contributed by atoms with van der Waals surface area (Å²) in [5, 5.41) is 0. The maximum absolute atomic E-state index is 13.1. The number of likely N-dealkylation sites (tertiary alicyclic amines) is 1. The lowest BCUT2D eigenvalue weighted by atomic mass is 9.90. The Morgan fingerprint density at radius 2 is 2.00 bits per heavy atom. The SMILES string of the molecule is CN(C)CCCC(=O)N1CCCC(CCc2ccccc2C(F)(F)F)C1. The first-order valence-corrected chi connectivity index (χ1v) is 9.35. The number of halogens is 3. The van der Waals surface area contributed by atoms with Crippen molar-refractivity contribution in [2.45, 2.75) is 44.7 Å². The number of aryl methyl sites for hydroxylation is 1. The fourth-order valence-corrected chi connectivity index (χ4v) is 3.61. The number of hydrogen-bond acceptors (Lipinski definition) is 2. The van der Waals surface area contributed by atoms with Crippen molar-refractivity contribution in [3.63, 3.8) is 0 Å². The second kappa shape index (κ2) is 9.40. The summed E-state index contributed by atoms with van der Waals surface area (Å²) < 4.78 is 39.3. The lowest BCUT2D eigenvalue weighted by Gasteiger charge is -2.33. The molecular weight excluding hydrogens is 341 g/mol. The molecular formula is C20H29F3N2O. The van der Waals surface area contributed by atoms with Crippen LogP contribution < -0.4 is 0 Å². The van der Waals surface area contributed by atoms with E-state index >= 15 is 0 Å². The van der Waals surface area contributed by atoms with E-state index in [9.17, 15) is 18.0 Å². The van der Waals surface area contributed by atoms with E-state index < -0.39 is 11.7 Å². The Balaban J connectivity index is 1.86. The number of hydrogen-bond donors (Lipinski definition) is 0. The molecule has 0 radical (unpaired) electrons. The van der Waals surface area contributed by atoms with Crippen LogP contribution in [-0.2, 0) is 17.4 Å². The summed E-state index contributed by atoms with van der Waals surface area (Å²) in [4.78, 5) is 16.3. The molecule has 26 heavy (non-hydrogen) atoms. The van der Waals surface area contributed by atoms with E-state index in [-0.39, 0.29) is 11.8 Å². The average Bonchev–Trinajstić information content (AvgIpc) is 2.59.